The maximum atomic E-state index is 6.14. The number of rotatable bonds is 2. The molecule has 0 aliphatic rings. The Kier molecular flexibility index (Phi) is 4.23. The molecule has 0 saturated carbocycles. The van der Waals surface area contributed by atoms with Gasteiger partial charge >= 0.3 is 0 Å². The van der Waals surface area contributed by atoms with Crippen LogP contribution in [-0.2, 0) is 0 Å². The zero-order valence-corrected chi connectivity index (χ0v) is 12.3. The second-order valence-electron chi connectivity index (χ2n) is 3.52. The summed E-state index contributed by atoms with van der Waals surface area (Å²) in [4.78, 5) is 4.35. The largest absolute Gasteiger partial charge is 0.372 e. The molecule has 0 fully saturated rings. The molecule has 1 heterocycles. The van der Waals surface area contributed by atoms with Gasteiger partial charge in [0.1, 0.15) is 5.82 Å². The van der Waals surface area contributed by atoms with E-state index in [1.165, 1.54) is 0 Å². The van der Waals surface area contributed by atoms with E-state index in [1.807, 2.05) is 0 Å². The molecule has 0 unspecified atom stereocenters. The van der Waals surface area contributed by atoms with E-state index in [0.717, 1.165) is 0 Å². The van der Waals surface area contributed by atoms with Crippen LogP contribution in [0.2, 0.25) is 20.1 Å². The van der Waals surface area contributed by atoms with Crippen LogP contribution >= 0.6 is 46.4 Å². The molecule has 1 N–H and O–H groups in total. The predicted molar refractivity (Wildman–Crippen MR) is 79.3 cm³/mol. The van der Waals surface area contributed by atoms with Crippen LogP contribution in [0.25, 0.3) is 11.3 Å². The van der Waals surface area contributed by atoms with Gasteiger partial charge in [0.15, 0.2) is 0 Å². The molecular weight excluding hydrogens is 314 g/mol. The van der Waals surface area contributed by atoms with E-state index in [1.54, 1.807) is 31.3 Å². The lowest BCUT2D eigenvalue weighted by molar-refractivity contribution is 1.29. The maximum absolute atomic E-state index is 6.14. The van der Waals surface area contributed by atoms with Gasteiger partial charge in [-0.25, -0.2) is 4.98 Å². The maximum Gasteiger partial charge on any atom is 0.145 e. The second-order valence-corrected chi connectivity index (χ2v) is 5.18. The Hall–Kier alpha value is -0.670. The third kappa shape index (κ3) is 2.67. The van der Waals surface area contributed by atoms with Crippen LogP contribution in [0.15, 0.2) is 24.3 Å². The first-order valence-corrected chi connectivity index (χ1v) is 6.53. The highest BCUT2D eigenvalue weighted by Crippen LogP contribution is 2.36. The lowest BCUT2D eigenvalue weighted by Gasteiger charge is -2.10. The van der Waals surface area contributed by atoms with Gasteiger partial charge in [-0.1, -0.05) is 46.4 Å². The molecule has 6 heteroatoms. The van der Waals surface area contributed by atoms with Gasteiger partial charge in [0, 0.05) is 17.6 Å². The summed E-state index contributed by atoms with van der Waals surface area (Å²) in [5, 5.41) is 4.83. The van der Waals surface area contributed by atoms with Crippen LogP contribution in [0, 0.1) is 0 Å². The fourth-order valence-corrected chi connectivity index (χ4v) is 2.57. The number of hydrogen-bond donors (Lipinski definition) is 1. The first-order chi connectivity index (χ1) is 8.52. The SMILES string of the molecule is CNc1nc(-c2ccc(Cl)cc2Cl)c(Cl)cc1Cl. The summed E-state index contributed by atoms with van der Waals surface area (Å²) in [5.74, 6) is 0.544. The molecular formula is C12H8Cl4N2. The Morgan fingerprint density at radius 2 is 1.67 bits per heavy atom. The summed E-state index contributed by atoms with van der Waals surface area (Å²) in [5.41, 5.74) is 1.27. The van der Waals surface area contributed by atoms with E-state index in [-0.39, 0.29) is 0 Å². The number of anilines is 1. The molecule has 94 valence electrons. The van der Waals surface area contributed by atoms with Gasteiger partial charge in [-0.2, -0.15) is 0 Å². The molecule has 2 rings (SSSR count). The van der Waals surface area contributed by atoms with Crippen molar-refractivity contribution in [3.05, 3.63) is 44.4 Å². The van der Waals surface area contributed by atoms with E-state index in [2.05, 4.69) is 10.3 Å². The Morgan fingerprint density at radius 3 is 2.28 bits per heavy atom. The minimum absolute atomic E-state index is 0.434. The third-order valence-corrected chi connectivity index (χ3v) is 3.48. The average molecular weight is 322 g/mol. The normalized spacial score (nSPS) is 10.5. The van der Waals surface area contributed by atoms with Crippen LogP contribution in [0.3, 0.4) is 0 Å². The lowest BCUT2D eigenvalue weighted by Crippen LogP contribution is -1.96. The lowest BCUT2D eigenvalue weighted by atomic mass is 10.1. The van der Waals surface area contributed by atoms with Gasteiger partial charge in [-0.3, -0.25) is 0 Å². The molecule has 2 aromatic rings. The van der Waals surface area contributed by atoms with Crippen LogP contribution in [0.4, 0.5) is 5.82 Å². The Balaban J connectivity index is 2.63. The summed E-state index contributed by atoms with van der Waals surface area (Å²) < 4.78 is 0. The number of aromatic nitrogens is 1. The van der Waals surface area contributed by atoms with E-state index < -0.39 is 0 Å². The smallest absolute Gasteiger partial charge is 0.145 e. The number of halogens is 4. The Morgan fingerprint density at radius 1 is 0.944 bits per heavy atom. The van der Waals surface area contributed by atoms with Gasteiger partial charge in [0.2, 0.25) is 0 Å². The van der Waals surface area contributed by atoms with Crippen molar-refractivity contribution in [3.63, 3.8) is 0 Å². The summed E-state index contributed by atoms with van der Waals surface area (Å²) in [7, 11) is 1.73. The van der Waals surface area contributed by atoms with Crippen molar-refractivity contribution in [1.82, 2.24) is 4.98 Å². The molecule has 0 spiro atoms. The van der Waals surface area contributed by atoms with Gasteiger partial charge in [-0.15, -0.1) is 0 Å². The molecule has 0 amide bonds. The molecule has 0 radical (unpaired) electrons. The van der Waals surface area contributed by atoms with Crippen LogP contribution < -0.4 is 5.32 Å². The minimum atomic E-state index is 0.434. The quantitative estimate of drug-likeness (QED) is 0.800. The van der Waals surface area contributed by atoms with Gasteiger partial charge < -0.3 is 5.32 Å². The summed E-state index contributed by atoms with van der Waals surface area (Å²) in [6.45, 7) is 0. The predicted octanol–water partition coefficient (Wildman–Crippen LogP) is 5.40. The zero-order valence-electron chi connectivity index (χ0n) is 9.27. The minimum Gasteiger partial charge on any atom is -0.372 e. The third-order valence-electron chi connectivity index (χ3n) is 2.35. The average Bonchev–Trinajstić information content (AvgIpc) is 2.30. The van der Waals surface area contributed by atoms with Crippen molar-refractivity contribution >= 4 is 52.2 Å². The van der Waals surface area contributed by atoms with Crippen molar-refractivity contribution in [2.24, 2.45) is 0 Å². The van der Waals surface area contributed by atoms with Gasteiger partial charge in [0.05, 0.1) is 20.8 Å². The monoisotopic (exact) mass is 320 g/mol. The van der Waals surface area contributed by atoms with Gasteiger partial charge in [0.25, 0.3) is 0 Å². The Bertz CT molecular complexity index is 599. The molecule has 1 aromatic heterocycles. The van der Waals surface area contributed by atoms with Crippen LogP contribution in [-0.4, -0.2) is 12.0 Å². The molecule has 0 saturated heterocycles. The Labute approximate surface area is 125 Å². The first kappa shape index (κ1) is 13.8. The summed E-state index contributed by atoms with van der Waals surface area (Å²) >= 11 is 24.1. The van der Waals surface area contributed by atoms with Gasteiger partial charge in [-0.05, 0) is 24.3 Å². The molecule has 0 aliphatic carbocycles. The molecule has 0 bridgehead atoms. The first-order valence-electron chi connectivity index (χ1n) is 5.02. The second kappa shape index (κ2) is 5.54. The van der Waals surface area contributed by atoms with Crippen molar-refractivity contribution < 1.29 is 0 Å². The van der Waals surface area contributed by atoms with E-state index in [0.29, 0.717) is 37.2 Å². The highest BCUT2D eigenvalue weighted by atomic mass is 35.5. The fraction of sp³-hybridized carbons (Fsp3) is 0.0833. The topological polar surface area (TPSA) is 24.9 Å². The molecule has 18 heavy (non-hydrogen) atoms. The highest BCUT2D eigenvalue weighted by Gasteiger charge is 2.13. The number of benzene rings is 1. The number of nitrogens with zero attached hydrogens (tertiary/aromatic N) is 1. The molecule has 0 aliphatic heterocycles. The number of pyridine rings is 1. The van der Waals surface area contributed by atoms with E-state index in [4.69, 9.17) is 46.4 Å². The standard InChI is InChI=1S/C12H8Cl4N2/c1-17-12-10(16)5-9(15)11(18-12)7-3-2-6(13)4-8(7)14/h2-5H,1H3,(H,17,18). The summed E-state index contributed by atoms with van der Waals surface area (Å²) in [6, 6.07) is 6.77. The van der Waals surface area contributed by atoms with Crippen molar-refractivity contribution in [1.29, 1.82) is 0 Å². The molecule has 1 aromatic carbocycles. The highest BCUT2D eigenvalue weighted by molar-refractivity contribution is 6.39. The van der Waals surface area contributed by atoms with Crippen LogP contribution in [0.5, 0.6) is 0 Å². The van der Waals surface area contributed by atoms with E-state index in [9.17, 15) is 0 Å². The van der Waals surface area contributed by atoms with Crippen molar-refractivity contribution in [2.45, 2.75) is 0 Å². The van der Waals surface area contributed by atoms with E-state index >= 15 is 0 Å². The van der Waals surface area contributed by atoms with Crippen LogP contribution in [0.1, 0.15) is 0 Å². The summed E-state index contributed by atoms with van der Waals surface area (Å²) in [6.07, 6.45) is 0. The molecule has 2 nitrogen and oxygen atoms in total. The fourth-order valence-electron chi connectivity index (χ4n) is 1.51. The van der Waals surface area contributed by atoms with Crippen molar-refractivity contribution in [2.75, 3.05) is 12.4 Å². The van der Waals surface area contributed by atoms with Crippen molar-refractivity contribution in [3.8, 4) is 11.3 Å². The zero-order chi connectivity index (χ0) is 13.3. The number of nitrogens with one attached hydrogen (secondary N) is 1. The molecule has 0 atom stereocenters. The number of hydrogen-bond acceptors (Lipinski definition) is 2.